The van der Waals surface area contributed by atoms with E-state index in [0.29, 0.717) is 12.5 Å². The molecule has 17 heavy (non-hydrogen) atoms. The second-order valence-corrected chi connectivity index (χ2v) is 4.47. The van der Waals surface area contributed by atoms with E-state index < -0.39 is 0 Å². The fraction of sp³-hybridized carbons (Fsp3) is 0.538. The van der Waals surface area contributed by atoms with Crippen LogP contribution in [0.4, 0.5) is 0 Å². The summed E-state index contributed by atoms with van der Waals surface area (Å²) in [4.78, 5) is 15.8. The van der Waals surface area contributed by atoms with Gasteiger partial charge in [-0.3, -0.25) is 9.78 Å². The van der Waals surface area contributed by atoms with Crippen LogP contribution in [0.3, 0.4) is 0 Å². The summed E-state index contributed by atoms with van der Waals surface area (Å²) >= 11 is 0. The van der Waals surface area contributed by atoms with Gasteiger partial charge in [0.25, 0.3) is 0 Å². The summed E-state index contributed by atoms with van der Waals surface area (Å²) in [6, 6.07) is 4.21. The van der Waals surface area contributed by atoms with E-state index in [1.54, 1.807) is 6.20 Å². The van der Waals surface area contributed by atoms with Crippen molar-refractivity contribution >= 4 is 5.91 Å². The topological polar surface area (TPSA) is 54.0 Å². The molecule has 0 aromatic carbocycles. The predicted octanol–water partition coefficient (Wildman–Crippen LogP) is 0.882. The minimum absolute atomic E-state index is 0.141. The van der Waals surface area contributed by atoms with Crippen LogP contribution in [0.2, 0.25) is 0 Å². The Morgan fingerprint density at radius 1 is 1.59 bits per heavy atom. The van der Waals surface area contributed by atoms with E-state index >= 15 is 0 Å². The first-order valence-electron chi connectivity index (χ1n) is 6.23. The summed E-state index contributed by atoms with van der Waals surface area (Å²) in [6.07, 6.45) is 7.11. The molecule has 1 aliphatic heterocycles. The summed E-state index contributed by atoms with van der Waals surface area (Å²) < 4.78 is 0. The molecule has 0 aliphatic carbocycles. The number of nitrogens with one attached hydrogen (secondary N) is 2. The van der Waals surface area contributed by atoms with Crippen molar-refractivity contribution in [1.82, 2.24) is 15.6 Å². The lowest BCUT2D eigenvalue weighted by atomic mass is 10.1. The van der Waals surface area contributed by atoms with Gasteiger partial charge in [0.2, 0.25) is 5.91 Å². The number of carbonyl (C=O) groups is 1. The molecule has 1 saturated heterocycles. The first-order valence-corrected chi connectivity index (χ1v) is 6.23. The molecule has 1 aromatic heterocycles. The van der Waals surface area contributed by atoms with Crippen LogP contribution in [0, 0.1) is 0 Å². The summed E-state index contributed by atoms with van der Waals surface area (Å²) in [7, 11) is 0. The smallest absolute Gasteiger partial charge is 0.220 e. The lowest BCUT2D eigenvalue weighted by Crippen LogP contribution is -2.45. The minimum atomic E-state index is 0.141. The number of hydrogen-bond acceptors (Lipinski definition) is 3. The van der Waals surface area contributed by atoms with Gasteiger partial charge in [-0.15, -0.1) is 0 Å². The van der Waals surface area contributed by atoms with Crippen molar-refractivity contribution in [2.45, 2.75) is 31.7 Å². The SMILES string of the molecule is O=C(CCc1cccnc1)NC1CCCNC1. The highest BCUT2D eigenvalue weighted by atomic mass is 16.1. The fourth-order valence-electron chi connectivity index (χ4n) is 2.08. The highest BCUT2D eigenvalue weighted by molar-refractivity contribution is 5.76. The summed E-state index contributed by atoms with van der Waals surface area (Å²) in [5.74, 6) is 0.141. The molecule has 1 amide bonds. The molecule has 92 valence electrons. The second kappa shape index (κ2) is 6.35. The molecule has 4 nitrogen and oxygen atoms in total. The van der Waals surface area contributed by atoms with Crippen molar-refractivity contribution in [2.24, 2.45) is 0 Å². The molecular weight excluding hydrogens is 214 g/mol. The minimum Gasteiger partial charge on any atom is -0.352 e. The van der Waals surface area contributed by atoms with Gasteiger partial charge in [-0.1, -0.05) is 6.07 Å². The molecule has 1 fully saturated rings. The van der Waals surface area contributed by atoms with Gasteiger partial charge < -0.3 is 10.6 Å². The van der Waals surface area contributed by atoms with Gasteiger partial charge in [-0.25, -0.2) is 0 Å². The van der Waals surface area contributed by atoms with Crippen LogP contribution < -0.4 is 10.6 Å². The van der Waals surface area contributed by atoms with Crippen LogP contribution in [0.15, 0.2) is 24.5 Å². The van der Waals surface area contributed by atoms with Crippen molar-refractivity contribution in [2.75, 3.05) is 13.1 Å². The van der Waals surface area contributed by atoms with Crippen molar-refractivity contribution in [3.05, 3.63) is 30.1 Å². The van der Waals surface area contributed by atoms with Gasteiger partial charge in [0.1, 0.15) is 0 Å². The first kappa shape index (κ1) is 12.0. The maximum absolute atomic E-state index is 11.7. The number of hydrogen-bond donors (Lipinski definition) is 2. The Balaban J connectivity index is 1.70. The van der Waals surface area contributed by atoms with Gasteiger partial charge in [-0.05, 0) is 37.4 Å². The largest absolute Gasteiger partial charge is 0.352 e. The van der Waals surface area contributed by atoms with Crippen molar-refractivity contribution in [3.63, 3.8) is 0 Å². The van der Waals surface area contributed by atoms with Crippen LogP contribution in [-0.2, 0) is 11.2 Å². The van der Waals surface area contributed by atoms with Crippen LogP contribution in [0.5, 0.6) is 0 Å². The lowest BCUT2D eigenvalue weighted by Gasteiger charge is -2.23. The molecule has 1 aromatic rings. The van der Waals surface area contributed by atoms with E-state index in [4.69, 9.17) is 0 Å². The van der Waals surface area contributed by atoms with Gasteiger partial charge in [-0.2, -0.15) is 0 Å². The monoisotopic (exact) mass is 233 g/mol. The molecule has 0 radical (unpaired) electrons. The van der Waals surface area contributed by atoms with Gasteiger partial charge in [0.05, 0.1) is 0 Å². The molecule has 1 unspecified atom stereocenters. The summed E-state index contributed by atoms with van der Waals surface area (Å²) in [5, 5.41) is 6.36. The van der Waals surface area contributed by atoms with Crippen LogP contribution in [-0.4, -0.2) is 30.0 Å². The van der Waals surface area contributed by atoms with Crippen molar-refractivity contribution in [1.29, 1.82) is 0 Å². The second-order valence-electron chi connectivity index (χ2n) is 4.47. The van der Waals surface area contributed by atoms with Crippen molar-refractivity contribution in [3.8, 4) is 0 Å². The number of carbonyl (C=O) groups excluding carboxylic acids is 1. The third-order valence-electron chi connectivity index (χ3n) is 3.03. The molecular formula is C13H19N3O. The van der Waals surface area contributed by atoms with E-state index in [1.165, 1.54) is 0 Å². The first-order chi connectivity index (χ1) is 8.34. The Kier molecular flexibility index (Phi) is 4.50. The standard InChI is InChI=1S/C13H19N3O/c17-13(16-12-4-2-8-15-10-12)6-5-11-3-1-7-14-9-11/h1,3,7,9,12,15H,2,4-6,8,10H2,(H,16,17). The lowest BCUT2D eigenvalue weighted by molar-refractivity contribution is -0.121. The van der Waals surface area contributed by atoms with Crippen LogP contribution in [0.25, 0.3) is 0 Å². The molecule has 2 heterocycles. The number of amides is 1. The zero-order valence-electron chi connectivity index (χ0n) is 9.98. The number of aromatic nitrogens is 1. The summed E-state index contributed by atoms with van der Waals surface area (Å²) in [6.45, 7) is 1.97. The maximum atomic E-state index is 11.7. The fourth-order valence-corrected chi connectivity index (χ4v) is 2.08. The third-order valence-corrected chi connectivity index (χ3v) is 3.03. The average molecular weight is 233 g/mol. The molecule has 0 saturated carbocycles. The molecule has 4 heteroatoms. The van der Waals surface area contributed by atoms with Gasteiger partial charge in [0, 0.05) is 31.4 Å². The number of rotatable bonds is 4. The normalized spacial score (nSPS) is 19.9. The molecule has 0 spiro atoms. The Hall–Kier alpha value is -1.42. The zero-order valence-corrected chi connectivity index (χ0v) is 9.98. The molecule has 2 rings (SSSR count). The highest BCUT2D eigenvalue weighted by Crippen LogP contribution is 2.03. The number of pyridine rings is 1. The highest BCUT2D eigenvalue weighted by Gasteiger charge is 2.14. The summed E-state index contributed by atoms with van der Waals surface area (Å²) in [5.41, 5.74) is 1.12. The van der Waals surface area contributed by atoms with Crippen LogP contribution >= 0.6 is 0 Å². The zero-order chi connectivity index (χ0) is 11.9. The molecule has 2 N–H and O–H groups in total. The Morgan fingerprint density at radius 3 is 3.24 bits per heavy atom. The maximum Gasteiger partial charge on any atom is 0.220 e. The number of nitrogens with zero attached hydrogens (tertiary/aromatic N) is 1. The number of aryl methyl sites for hydroxylation is 1. The van der Waals surface area contributed by atoms with E-state index in [2.05, 4.69) is 15.6 Å². The molecule has 0 bridgehead atoms. The Labute approximate surface area is 102 Å². The average Bonchev–Trinajstić information content (AvgIpc) is 2.39. The number of piperidine rings is 1. The van der Waals surface area contributed by atoms with Crippen LogP contribution in [0.1, 0.15) is 24.8 Å². The van der Waals surface area contributed by atoms with E-state index in [1.807, 2.05) is 18.3 Å². The molecule has 1 aliphatic rings. The van der Waals surface area contributed by atoms with Gasteiger partial charge >= 0.3 is 0 Å². The quantitative estimate of drug-likeness (QED) is 0.812. The van der Waals surface area contributed by atoms with E-state index in [-0.39, 0.29) is 5.91 Å². The molecule has 1 atom stereocenters. The van der Waals surface area contributed by atoms with E-state index in [9.17, 15) is 4.79 Å². The Bertz CT molecular complexity index is 347. The van der Waals surface area contributed by atoms with Gasteiger partial charge in [0.15, 0.2) is 0 Å². The predicted molar refractivity (Wildman–Crippen MR) is 66.6 cm³/mol. The third kappa shape index (κ3) is 4.15. The van der Waals surface area contributed by atoms with E-state index in [0.717, 1.165) is 37.9 Å². The Morgan fingerprint density at radius 2 is 2.53 bits per heavy atom. The van der Waals surface area contributed by atoms with Crippen molar-refractivity contribution < 1.29 is 4.79 Å².